The molecule has 0 spiro atoms. The zero-order valence-electron chi connectivity index (χ0n) is 5.54. The fraction of sp³-hybridized carbons (Fsp3) is 0.571. The normalized spacial score (nSPS) is 25.4. The summed E-state index contributed by atoms with van der Waals surface area (Å²) in [6, 6.07) is 1.78. The van der Waals surface area contributed by atoms with Crippen molar-refractivity contribution in [3.63, 3.8) is 0 Å². The lowest BCUT2D eigenvalue weighted by atomic mass is 10.1. The van der Waals surface area contributed by atoms with E-state index in [9.17, 15) is 0 Å². The minimum atomic E-state index is 0.440. The summed E-state index contributed by atoms with van der Waals surface area (Å²) in [6.07, 6.45) is 3.62. The first-order valence-electron chi connectivity index (χ1n) is 3.37. The van der Waals surface area contributed by atoms with Crippen molar-refractivity contribution in [2.75, 3.05) is 13.2 Å². The van der Waals surface area contributed by atoms with E-state index in [-0.39, 0.29) is 0 Å². The first-order valence-corrected chi connectivity index (χ1v) is 3.37. The van der Waals surface area contributed by atoms with E-state index in [0.29, 0.717) is 5.92 Å². The van der Waals surface area contributed by atoms with E-state index in [1.54, 1.807) is 6.07 Å². The van der Waals surface area contributed by atoms with Gasteiger partial charge < -0.3 is 9.26 Å². The molecular formula is C7H8NO2. The van der Waals surface area contributed by atoms with Crippen molar-refractivity contribution in [2.45, 2.75) is 12.3 Å². The number of ether oxygens (including phenoxy) is 1. The molecule has 10 heavy (non-hydrogen) atoms. The van der Waals surface area contributed by atoms with Crippen LogP contribution in [0.3, 0.4) is 0 Å². The van der Waals surface area contributed by atoms with Crippen molar-refractivity contribution in [3.8, 4) is 0 Å². The predicted octanol–water partition coefficient (Wildman–Crippen LogP) is 0.979. The van der Waals surface area contributed by atoms with Crippen LogP contribution in [0.2, 0.25) is 0 Å². The van der Waals surface area contributed by atoms with E-state index in [1.165, 1.54) is 0 Å². The summed E-state index contributed by atoms with van der Waals surface area (Å²) < 4.78 is 9.78. The summed E-state index contributed by atoms with van der Waals surface area (Å²) in [6.45, 7) is 1.62. The smallest absolute Gasteiger partial charge is 0.205 e. The van der Waals surface area contributed by atoms with Gasteiger partial charge in [0.1, 0.15) is 0 Å². The van der Waals surface area contributed by atoms with Gasteiger partial charge in [-0.15, -0.1) is 0 Å². The molecular weight excluding hydrogens is 130 g/mol. The molecule has 1 aromatic heterocycles. The molecule has 1 aliphatic heterocycles. The van der Waals surface area contributed by atoms with Crippen molar-refractivity contribution >= 4 is 0 Å². The first-order chi connectivity index (χ1) is 4.97. The van der Waals surface area contributed by atoms with Crippen LogP contribution in [0.15, 0.2) is 10.6 Å². The van der Waals surface area contributed by atoms with Crippen LogP contribution in [0.4, 0.5) is 0 Å². The van der Waals surface area contributed by atoms with Crippen LogP contribution in [0.1, 0.15) is 18.0 Å². The summed E-state index contributed by atoms with van der Waals surface area (Å²) in [7, 11) is 0. The molecule has 2 rings (SSSR count). The van der Waals surface area contributed by atoms with Crippen LogP contribution >= 0.6 is 0 Å². The highest BCUT2D eigenvalue weighted by Gasteiger charge is 2.19. The van der Waals surface area contributed by atoms with E-state index in [1.807, 2.05) is 0 Å². The van der Waals surface area contributed by atoms with Gasteiger partial charge in [-0.1, -0.05) is 5.16 Å². The third-order valence-electron chi connectivity index (χ3n) is 1.76. The third-order valence-corrected chi connectivity index (χ3v) is 1.76. The molecule has 53 valence electrons. The lowest BCUT2D eigenvalue weighted by Crippen LogP contribution is -1.96. The van der Waals surface area contributed by atoms with E-state index in [4.69, 9.17) is 4.74 Å². The summed E-state index contributed by atoms with van der Waals surface area (Å²) in [5.74, 6) is 0.440. The highest BCUT2D eigenvalue weighted by Crippen LogP contribution is 2.22. The Morgan fingerprint density at radius 3 is 3.30 bits per heavy atom. The maximum atomic E-state index is 5.19. The van der Waals surface area contributed by atoms with Crippen molar-refractivity contribution < 1.29 is 9.26 Å². The first kappa shape index (κ1) is 5.92. The van der Waals surface area contributed by atoms with Crippen molar-refractivity contribution in [1.82, 2.24) is 5.16 Å². The van der Waals surface area contributed by atoms with Crippen LogP contribution in [0.25, 0.3) is 0 Å². The third kappa shape index (κ3) is 0.926. The summed E-state index contributed by atoms with van der Waals surface area (Å²) in [4.78, 5) is 0. The average Bonchev–Trinajstić information content (AvgIpc) is 2.59. The Morgan fingerprint density at radius 1 is 1.70 bits per heavy atom. The zero-order chi connectivity index (χ0) is 6.81. The summed E-state index contributed by atoms with van der Waals surface area (Å²) >= 11 is 0. The largest absolute Gasteiger partial charge is 0.381 e. The fourth-order valence-electron chi connectivity index (χ4n) is 1.15. The van der Waals surface area contributed by atoms with Gasteiger partial charge in [-0.05, 0) is 6.42 Å². The van der Waals surface area contributed by atoms with Gasteiger partial charge >= 0.3 is 0 Å². The number of nitrogens with zero attached hydrogens (tertiary/aromatic N) is 1. The highest BCUT2D eigenvalue weighted by atomic mass is 16.5. The van der Waals surface area contributed by atoms with Crippen molar-refractivity contribution in [2.24, 2.45) is 0 Å². The van der Waals surface area contributed by atoms with E-state index in [2.05, 4.69) is 15.9 Å². The molecule has 1 unspecified atom stereocenters. The van der Waals surface area contributed by atoms with Gasteiger partial charge in [0.2, 0.25) is 6.26 Å². The molecule has 1 fully saturated rings. The molecule has 3 heteroatoms. The van der Waals surface area contributed by atoms with Crippen molar-refractivity contribution in [3.05, 3.63) is 18.0 Å². The highest BCUT2D eigenvalue weighted by molar-refractivity contribution is 5.04. The number of hydrogen-bond donors (Lipinski definition) is 0. The van der Waals surface area contributed by atoms with Crippen molar-refractivity contribution in [1.29, 1.82) is 0 Å². The lowest BCUT2D eigenvalue weighted by molar-refractivity contribution is 0.193. The molecule has 1 radical (unpaired) electrons. The van der Waals surface area contributed by atoms with Crippen LogP contribution in [-0.4, -0.2) is 18.4 Å². The Hall–Kier alpha value is -0.830. The molecule has 1 saturated heterocycles. The molecule has 0 N–H and O–H groups in total. The van der Waals surface area contributed by atoms with Gasteiger partial charge in [-0.25, -0.2) is 0 Å². The number of hydrogen-bond acceptors (Lipinski definition) is 3. The average molecular weight is 138 g/mol. The monoisotopic (exact) mass is 138 g/mol. The Balaban J connectivity index is 2.12. The molecule has 0 aromatic carbocycles. The van der Waals surface area contributed by atoms with Gasteiger partial charge in [-0.2, -0.15) is 0 Å². The standard InChI is InChI=1S/C7H8NO2/c1-3-9-5-6(1)7-2-4-10-8-7/h2,6H,1,3,5H2. The van der Waals surface area contributed by atoms with Crippen LogP contribution in [0, 0.1) is 6.26 Å². The van der Waals surface area contributed by atoms with Gasteiger partial charge in [0.05, 0.1) is 12.3 Å². The maximum Gasteiger partial charge on any atom is 0.205 e. The van der Waals surface area contributed by atoms with E-state index >= 15 is 0 Å². The zero-order valence-corrected chi connectivity index (χ0v) is 5.54. The quantitative estimate of drug-likeness (QED) is 0.580. The lowest BCUT2D eigenvalue weighted by Gasteiger charge is -1.98. The molecule has 0 saturated carbocycles. The molecule has 0 aliphatic carbocycles. The molecule has 2 heterocycles. The fourth-order valence-corrected chi connectivity index (χ4v) is 1.15. The maximum absolute atomic E-state index is 5.19. The molecule has 0 bridgehead atoms. The number of aromatic nitrogens is 1. The van der Waals surface area contributed by atoms with Gasteiger partial charge in [-0.3, -0.25) is 0 Å². The minimum absolute atomic E-state index is 0.440. The van der Waals surface area contributed by atoms with Gasteiger partial charge in [0, 0.05) is 18.6 Å². The minimum Gasteiger partial charge on any atom is -0.381 e. The van der Waals surface area contributed by atoms with E-state index in [0.717, 1.165) is 25.3 Å². The molecule has 1 aliphatic rings. The second kappa shape index (κ2) is 2.42. The summed E-state index contributed by atoms with van der Waals surface area (Å²) in [5, 5.41) is 3.79. The molecule has 3 nitrogen and oxygen atoms in total. The van der Waals surface area contributed by atoms with Crippen LogP contribution < -0.4 is 0 Å². The molecule has 1 aromatic rings. The molecule has 1 atom stereocenters. The van der Waals surface area contributed by atoms with Crippen LogP contribution in [0.5, 0.6) is 0 Å². The SMILES string of the molecule is [c]1cc(C2CCOC2)no1. The van der Waals surface area contributed by atoms with Gasteiger partial charge in [0.15, 0.2) is 0 Å². The second-order valence-electron chi connectivity index (χ2n) is 2.43. The second-order valence-corrected chi connectivity index (χ2v) is 2.43. The Bertz CT molecular complexity index is 189. The number of rotatable bonds is 1. The Morgan fingerprint density at radius 2 is 2.70 bits per heavy atom. The van der Waals surface area contributed by atoms with Crippen LogP contribution in [-0.2, 0) is 4.74 Å². The van der Waals surface area contributed by atoms with Gasteiger partial charge in [0.25, 0.3) is 0 Å². The summed E-state index contributed by atoms with van der Waals surface area (Å²) in [5.41, 5.74) is 0.970. The Labute approximate surface area is 59.0 Å². The molecule has 0 amide bonds. The topological polar surface area (TPSA) is 35.3 Å². The predicted molar refractivity (Wildman–Crippen MR) is 33.5 cm³/mol. The Kier molecular flexibility index (Phi) is 1.43. The van der Waals surface area contributed by atoms with E-state index < -0.39 is 0 Å².